The number of amides is 1. The quantitative estimate of drug-likeness (QED) is 0.848. The first kappa shape index (κ1) is 18.2. The summed E-state index contributed by atoms with van der Waals surface area (Å²) in [6.07, 6.45) is 2.38. The van der Waals surface area contributed by atoms with Gasteiger partial charge in [0.05, 0.1) is 10.0 Å². The van der Waals surface area contributed by atoms with Gasteiger partial charge in [-0.05, 0) is 49.1 Å². The molecule has 1 amide bonds. The second-order valence-electron chi connectivity index (χ2n) is 6.58. The molecule has 1 aliphatic heterocycles. The first-order valence-electron chi connectivity index (χ1n) is 8.46. The zero-order valence-corrected chi connectivity index (χ0v) is 15.4. The van der Waals surface area contributed by atoms with Crippen molar-refractivity contribution in [1.29, 1.82) is 0 Å². The zero-order valence-electron chi connectivity index (χ0n) is 13.9. The van der Waals surface area contributed by atoms with Gasteiger partial charge in [-0.25, -0.2) is 0 Å². The lowest BCUT2D eigenvalue weighted by Crippen LogP contribution is -2.49. The summed E-state index contributed by atoms with van der Waals surface area (Å²) in [5, 5.41) is 10.7. The van der Waals surface area contributed by atoms with Crippen LogP contribution in [0.5, 0.6) is 0 Å². The highest BCUT2D eigenvalue weighted by Crippen LogP contribution is 2.39. The van der Waals surface area contributed by atoms with E-state index in [9.17, 15) is 9.90 Å². The molecule has 0 radical (unpaired) electrons. The minimum Gasteiger partial charge on any atom is -0.396 e. The maximum atomic E-state index is 12.9. The van der Waals surface area contributed by atoms with Gasteiger partial charge in [-0.1, -0.05) is 47.5 Å². The maximum Gasteiger partial charge on any atom is 0.253 e. The Morgan fingerprint density at radius 3 is 2.56 bits per heavy atom. The standard InChI is InChI=1S/C20H21Cl2NO2/c21-17-8-7-16(13-18(17)22)20(10-12-24)9-4-11-23(14-20)19(25)15-5-2-1-3-6-15/h1-3,5-8,13,24H,4,9-12,14H2. The number of carbonyl (C=O) groups excluding carboxylic acids is 1. The summed E-state index contributed by atoms with van der Waals surface area (Å²) in [6.45, 7) is 1.36. The molecule has 25 heavy (non-hydrogen) atoms. The smallest absolute Gasteiger partial charge is 0.253 e. The van der Waals surface area contributed by atoms with Crippen molar-refractivity contribution in [2.24, 2.45) is 0 Å². The summed E-state index contributed by atoms with van der Waals surface area (Å²) >= 11 is 12.3. The molecule has 0 aromatic heterocycles. The molecule has 2 aromatic carbocycles. The average Bonchev–Trinajstić information content (AvgIpc) is 2.64. The van der Waals surface area contributed by atoms with E-state index in [2.05, 4.69) is 0 Å². The maximum absolute atomic E-state index is 12.9. The molecule has 1 fully saturated rings. The highest BCUT2D eigenvalue weighted by Gasteiger charge is 2.38. The molecule has 5 heteroatoms. The van der Waals surface area contributed by atoms with Crippen molar-refractivity contribution in [3.8, 4) is 0 Å². The Balaban J connectivity index is 1.91. The summed E-state index contributed by atoms with van der Waals surface area (Å²) in [5.74, 6) is 0.0303. The molecule has 3 rings (SSSR count). The van der Waals surface area contributed by atoms with Gasteiger partial charge in [-0.15, -0.1) is 0 Å². The highest BCUT2D eigenvalue weighted by molar-refractivity contribution is 6.42. The number of hydrogen-bond acceptors (Lipinski definition) is 2. The largest absolute Gasteiger partial charge is 0.396 e. The number of benzene rings is 2. The van der Waals surface area contributed by atoms with Crippen LogP contribution in [-0.2, 0) is 5.41 Å². The van der Waals surface area contributed by atoms with Crippen LogP contribution >= 0.6 is 23.2 Å². The van der Waals surface area contributed by atoms with Crippen molar-refractivity contribution in [1.82, 2.24) is 4.90 Å². The Kier molecular flexibility index (Phi) is 5.67. The third-order valence-corrected chi connectivity index (χ3v) is 5.75. The number of aliphatic hydroxyl groups excluding tert-OH is 1. The second kappa shape index (κ2) is 7.77. The predicted octanol–water partition coefficient (Wildman–Crippen LogP) is 4.55. The number of carbonyl (C=O) groups is 1. The van der Waals surface area contributed by atoms with Gasteiger partial charge in [0.15, 0.2) is 0 Å². The van der Waals surface area contributed by atoms with Gasteiger partial charge >= 0.3 is 0 Å². The van der Waals surface area contributed by atoms with Gasteiger partial charge in [0.25, 0.3) is 5.91 Å². The van der Waals surface area contributed by atoms with E-state index < -0.39 is 0 Å². The number of likely N-dealkylation sites (tertiary alicyclic amines) is 1. The van der Waals surface area contributed by atoms with Gasteiger partial charge < -0.3 is 10.0 Å². The fourth-order valence-corrected chi connectivity index (χ4v) is 3.99. The molecule has 0 aliphatic carbocycles. The van der Waals surface area contributed by atoms with Crippen molar-refractivity contribution in [2.45, 2.75) is 24.7 Å². The normalized spacial score (nSPS) is 20.5. The molecule has 0 bridgehead atoms. The van der Waals surface area contributed by atoms with Gasteiger partial charge in [-0.3, -0.25) is 4.79 Å². The molecule has 1 aliphatic rings. The Morgan fingerprint density at radius 1 is 1.12 bits per heavy atom. The number of nitrogens with zero attached hydrogens (tertiary/aromatic N) is 1. The SMILES string of the molecule is O=C(c1ccccc1)N1CCCC(CCO)(c2ccc(Cl)c(Cl)c2)C1. The summed E-state index contributed by atoms with van der Waals surface area (Å²) in [4.78, 5) is 14.7. The molecule has 3 nitrogen and oxygen atoms in total. The zero-order chi connectivity index (χ0) is 17.9. The van der Waals surface area contributed by atoms with Crippen LogP contribution in [0, 0.1) is 0 Å². The molecule has 1 unspecified atom stereocenters. The number of halogens is 2. The van der Waals surface area contributed by atoms with Crippen LogP contribution in [0.25, 0.3) is 0 Å². The monoisotopic (exact) mass is 377 g/mol. The summed E-state index contributed by atoms with van der Waals surface area (Å²) in [6, 6.07) is 14.9. The molecule has 1 N–H and O–H groups in total. The van der Waals surface area contributed by atoms with Gasteiger partial charge in [-0.2, -0.15) is 0 Å². The minimum absolute atomic E-state index is 0.0303. The van der Waals surface area contributed by atoms with Crippen LogP contribution in [0.2, 0.25) is 10.0 Å². The van der Waals surface area contributed by atoms with Crippen LogP contribution < -0.4 is 0 Å². The topological polar surface area (TPSA) is 40.5 Å². The van der Waals surface area contributed by atoms with Gasteiger partial charge in [0, 0.05) is 30.7 Å². The summed E-state index contributed by atoms with van der Waals surface area (Å²) < 4.78 is 0. The number of aliphatic hydroxyl groups is 1. The fourth-order valence-electron chi connectivity index (χ4n) is 3.69. The van der Waals surface area contributed by atoms with Crippen LogP contribution in [0.3, 0.4) is 0 Å². The molecule has 1 saturated heterocycles. The minimum atomic E-state index is -0.300. The van der Waals surface area contributed by atoms with E-state index in [0.29, 0.717) is 28.6 Å². The van der Waals surface area contributed by atoms with E-state index in [4.69, 9.17) is 23.2 Å². The third-order valence-electron chi connectivity index (χ3n) is 5.01. The Hall–Kier alpha value is -1.55. The predicted molar refractivity (Wildman–Crippen MR) is 101 cm³/mol. The second-order valence-corrected chi connectivity index (χ2v) is 7.39. The van der Waals surface area contributed by atoms with Gasteiger partial charge in [0.1, 0.15) is 0 Å². The van der Waals surface area contributed by atoms with Crippen LogP contribution in [-0.4, -0.2) is 35.6 Å². The fraction of sp³-hybridized carbons (Fsp3) is 0.350. The average molecular weight is 378 g/mol. The Labute approximate surface area is 158 Å². The molecular weight excluding hydrogens is 357 g/mol. The third kappa shape index (κ3) is 3.84. The van der Waals surface area contributed by atoms with Crippen molar-refractivity contribution in [3.05, 3.63) is 69.7 Å². The molecule has 1 atom stereocenters. The molecule has 0 spiro atoms. The van der Waals surface area contributed by atoms with E-state index in [0.717, 1.165) is 24.9 Å². The van der Waals surface area contributed by atoms with E-state index in [1.165, 1.54) is 0 Å². The lowest BCUT2D eigenvalue weighted by atomic mass is 9.72. The van der Waals surface area contributed by atoms with Crippen molar-refractivity contribution in [2.75, 3.05) is 19.7 Å². The Morgan fingerprint density at radius 2 is 1.88 bits per heavy atom. The number of piperidine rings is 1. The van der Waals surface area contributed by atoms with E-state index in [-0.39, 0.29) is 17.9 Å². The van der Waals surface area contributed by atoms with E-state index in [1.807, 2.05) is 47.4 Å². The lowest BCUT2D eigenvalue weighted by Gasteiger charge is -2.43. The Bertz CT molecular complexity index is 747. The van der Waals surface area contributed by atoms with Crippen molar-refractivity contribution in [3.63, 3.8) is 0 Å². The number of hydrogen-bond donors (Lipinski definition) is 1. The molecule has 0 saturated carbocycles. The van der Waals surface area contributed by atoms with Crippen LogP contribution in [0.4, 0.5) is 0 Å². The molecule has 1 heterocycles. The summed E-state index contributed by atoms with van der Waals surface area (Å²) in [7, 11) is 0. The molecular formula is C20H21Cl2NO2. The number of rotatable bonds is 4. The lowest BCUT2D eigenvalue weighted by molar-refractivity contribution is 0.0602. The van der Waals surface area contributed by atoms with E-state index in [1.54, 1.807) is 6.07 Å². The van der Waals surface area contributed by atoms with Crippen molar-refractivity contribution < 1.29 is 9.90 Å². The first-order chi connectivity index (χ1) is 12.1. The van der Waals surface area contributed by atoms with Crippen LogP contribution in [0.15, 0.2) is 48.5 Å². The first-order valence-corrected chi connectivity index (χ1v) is 9.22. The molecule has 2 aromatic rings. The van der Waals surface area contributed by atoms with Crippen LogP contribution in [0.1, 0.15) is 35.2 Å². The highest BCUT2D eigenvalue weighted by atomic mass is 35.5. The molecule has 132 valence electrons. The van der Waals surface area contributed by atoms with Gasteiger partial charge in [0.2, 0.25) is 0 Å². The van der Waals surface area contributed by atoms with E-state index >= 15 is 0 Å². The summed E-state index contributed by atoms with van der Waals surface area (Å²) in [5.41, 5.74) is 1.42. The van der Waals surface area contributed by atoms with Crippen molar-refractivity contribution >= 4 is 29.1 Å².